The molecule has 1 fully saturated rings. The highest BCUT2D eigenvalue weighted by Gasteiger charge is 2.22. The molecule has 4 heterocycles. The number of ether oxygens (including phenoxy) is 1. The molecule has 124 valence electrons. The molecule has 1 aliphatic heterocycles. The molecule has 3 aromatic rings. The number of fused-ring (bicyclic) bond motifs is 1. The number of anilines is 2. The highest BCUT2D eigenvalue weighted by atomic mass is 16.5. The van der Waals surface area contributed by atoms with Crippen LogP contribution in [0.2, 0.25) is 0 Å². The lowest BCUT2D eigenvalue weighted by Crippen LogP contribution is -2.47. The largest absolute Gasteiger partial charge is 0.494 e. The van der Waals surface area contributed by atoms with Crippen molar-refractivity contribution in [3.05, 3.63) is 30.6 Å². The van der Waals surface area contributed by atoms with Crippen molar-refractivity contribution in [3.63, 3.8) is 0 Å². The first-order chi connectivity index (χ1) is 11.8. The fourth-order valence-electron chi connectivity index (χ4n) is 2.85. The summed E-state index contributed by atoms with van der Waals surface area (Å²) < 4.78 is 7.06. The molecule has 0 aliphatic carbocycles. The molecule has 0 aromatic carbocycles. The van der Waals surface area contributed by atoms with Gasteiger partial charge in [0.05, 0.1) is 19.5 Å². The summed E-state index contributed by atoms with van der Waals surface area (Å²) in [6.07, 6.45) is 7.05. The van der Waals surface area contributed by atoms with Gasteiger partial charge in [-0.1, -0.05) is 0 Å². The highest BCUT2D eigenvalue weighted by Crippen LogP contribution is 2.20. The Labute approximate surface area is 138 Å². The Morgan fingerprint density at radius 2 is 1.67 bits per heavy atom. The molecule has 0 atom stereocenters. The number of piperazine rings is 1. The molecule has 0 spiro atoms. The van der Waals surface area contributed by atoms with Crippen molar-refractivity contribution in [3.8, 4) is 5.75 Å². The number of rotatable bonds is 3. The first-order valence-electron chi connectivity index (χ1n) is 7.78. The Balaban J connectivity index is 1.51. The van der Waals surface area contributed by atoms with E-state index in [1.54, 1.807) is 25.7 Å². The fraction of sp³-hybridized carbons (Fsp3) is 0.400. The molecule has 0 N–H and O–H groups in total. The highest BCUT2D eigenvalue weighted by molar-refractivity contribution is 5.64. The van der Waals surface area contributed by atoms with Crippen LogP contribution in [0.3, 0.4) is 0 Å². The molecule has 0 amide bonds. The number of aromatic nitrogens is 6. The van der Waals surface area contributed by atoms with E-state index in [-0.39, 0.29) is 0 Å². The van der Waals surface area contributed by atoms with Gasteiger partial charge in [-0.05, 0) is 6.92 Å². The Bertz CT molecular complexity index is 838. The van der Waals surface area contributed by atoms with E-state index in [0.29, 0.717) is 5.75 Å². The van der Waals surface area contributed by atoms with Crippen LogP contribution in [-0.4, -0.2) is 62.8 Å². The Kier molecular flexibility index (Phi) is 3.60. The normalized spacial score (nSPS) is 15.1. The van der Waals surface area contributed by atoms with Crippen molar-refractivity contribution in [1.29, 1.82) is 0 Å². The summed E-state index contributed by atoms with van der Waals surface area (Å²) in [5.41, 5.74) is 0.796. The molecular weight excluding hydrogens is 308 g/mol. The molecule has 9 nitrogen and oxygen atoms in total. The lowest BCUT2D eigenvalue weighted by Gasteiger charge is -2.35. The van der Waals surface area contributed by atoms with Gasteiger partial charge < -0.3 is 14.5 Å². The van der Waals surface area contributed by atoms with Crippen LogP contribution in [0.5, 0.6) is 5.75 Å². The topological polar surface area (TPSA) is 84.6 Å². The number of hydrogen-bond donors (Lipinski definition) is 0. The minimum atomic E-state index is 0.662. The SMILES string of the molecule is COc1cnc(N2CCN(c3nccn4c(C)nnc34)CC2)nc1. The first kappa shape index (κ1) is 14.6. The number of methoxy groups -OCH3 is 1. The van der Waals surface area contributed by atoms with Crippen LogP contribution in [0.4, 0.5) is 11.8 Å². The van der Waals surface area contributed by atoms with Crippen molar-refractivity contribution in [1.82, 2.24) is 29.5 Å². The van der Waals surface area contributed by atoms with Crippen LogP contribution in [0.25, 0.3) is 5.65 Å². The van der Waals surface area contributed by atoms with Crippen LogP contribution in [0.1, 0.15) is 5.82 Å². The average molecular weight is 326 g/mol. The third-order valence-corrected chi connectivity index (χ3v) is 4.19. The van der Waals surface area contributed by atoms with Crippen molar-refractivity contribution in [2.24, 2.45) is 0 Å². The molecule has 4 rings (SSSR count). The minimum absolute atomic E-state index is 0.662. The molecule has 9 heteroatoms. The summed E-state index contributed by atoms with van der Waals surface area (Å²) in [6.45, 7) is 5.23. The molecule has 3 aromatic heterocycles. The maximum absolute atomic E-state index is 5.10. The van der Waals surface area contributed by atoms with Gasteiger partial charge in [-0.3, -0.25) is 4.40 Å². The van der Waals surface area contributed by atoms with Gasteiger partial charge in [0.25, 0.3) is 0 Å². The summed E-state index contributed by atoms with van der Waals surface area (Å²) in [5.74, 6) is 3.11. The molecule has 0 bridgehead atoms. The predicted molar refractivity (Wildman–Crippen MR) is 88.5 cm³/mol. The van der Waals surface area contributed by atoms with E-state index in [1.165, 1.54) is 0 Å². The predicted octanol–water partition coefficient (Wildman–Crippen LogP) is 0.558. The zero-order chi connectivity index (χ0) is 16.5. The minimum Gasteiger partial charge on any atom is -0.494 e. The second-order valence-corrected chi connectivity index (χ2v) is 5.59. The molecular formula is C15H18N8O. The smallest absolute Gasteiger partial charge is 0.225 e. The van der Waals surface area contributed by atoms with E-state index >= 15 is 0 Å². The molecule has 0 unspecified atom stereocenters. The Morgan fingerprint density at radius 1 is 0.958 bits per heavy atom. The molecule has 24 heavy (non-hydrogen) atoms. The van der Waals surface area contributed by atoms with Crippen LogP contribution in [0.15, 0.2) is 24.8 Å². The van der Waals surface area contributed by atoms with E-state index in [2.05, 4.69) is 34.9 Å². The standard InChI is InChI=1S/C15H18N8O/c1-11-19-20-14-13(16-3-4-23(11)14)21-5-7-22(8-6-21)15-17-9-12(24-2)10-18-15/h3-4,9-10H,5-8H2,1-2H3. The molecule has 0 saturated carbocycles. The summed E-state index contributed by atoms with van der Waals surface area (Å²) >= 11 is 0. The molecule has 1 aliphatic rings. The van der Waals surface area contributed by atoms with Crippen LogP contribution in [-0.2, 0) is 0 Å². The van der Waals surface area contributed by atoms with E-state index in [1.807, 2.05) is 17.5 Å². The monoisotopic (exact) mass is 326 g/mol. The second kappa shape index (κ2) is 5.91. The number of hydrogen-bond acceptors (Lipinski definition) is 8. The van der Waals surface area contributed by atoms with E-state index in [0.717, 1.165) is 49.4 Å². The molecule has 1 saturated heterocycles. The summed E-state index contributed by atoms with van der Waals surface area (Å²) in [4.78, 5) is 17.6. The zero-order valence-corrected chi connectivity index (χ0v) is 13.6. The Hall–Kier alpha value is -2.97. The van der Waals surface area contributed by atoms with E-state index < -0.39 is 0 Å². The lowest BCUT2D eigenvalue weighted by atomic mass is 10.3. The van der Waals surface area contributed by atoms with Crippen molar-refractivity contribution >= 4 is 17.4 Å². The van der Waals surface area contributed by atoms with Crippen molar-refractivity contribution in [2.75, 3.05) is 43.1 Å². The second-order valence-electron chi connectivity index (χ2n) is 5.59. The van der Waals surface area contributed by atoms with Gasteiger partial charge in [-0.25, -0.2) is 15.0 Å². The van der Waals surface area contributed by atoms with E-state index in [9.17, 15) is 0 Å². The third kappa shape index (κ3) is 2.47. The van der Waals surface area contributed by atoms with Gasteiger partial charge in [0.2, 0.25) is 11.6 Å². The quantitative estimate of drug-likeness (QED) is 0.690. The Morgan fingerprint density at radius 3 is 2.38 bits per heavy atom. The van der Waals surface area contributed by atoms with Gasteiger partial charge in [0, 0.05) is 38.6 Å². The van der Waals surface area contributed by atoms with Crippen LogP contribution < -0.4 is 14.5 Å². The number of aryl methyl sites for hydroxylation is 1. The summed E-state index contributed by atoms with van der Waals surface area (Å²) in [7, 11) is 1.61. The van der Waals surface area contributed by atoms with Crippen molar-refractivity contribution < 1.29 is 4.74 Å². The van der Waals surface area contributed by atoms with Gasteiger partial charge in [-0.15, -0.1) is 10.2 Å². The lowest BCUT2D eigenvalue weighted by molar-refractivity contribution is 0.410. The van der Waals surface area contributed by atoms with Gasteiger partial charge >= 0.3 is 0 Å². The summed E-state index contributed by atoms with van der Waals surface area (Å²) in [6, 6.07) is 0. The third-order valence-electron chi connectivity index (χ3n) is 4.19. The number of nitrogens with zero attached hydrogens (tertiary/aromatic N) is 8. The van der Waals surface area contributed by atoms with Crippen molar-refractivity contribution in [2.45, 2.75) is 6.92 Å². The van der Waals surface area contributed by atoms with Gasteiger partial charge in [0.1, 0.15) is 5.82 Å². The summed E-state index contributed by atoms with van der Waals surface area (Å²) in [5, 5.41) is 8.38. The average Bonchev–Trinajstić information content (AvgIpc) is 3.03. The van der Waals surface area contributed by atoms with Crippen LogP contribution in [0, 0.1) is 6.92 Å². The first-order valence-corrected chi connectivity index (χ1v) is 7.78. The fourth-order valence-corrected chi connectivity index (χ4v) is 2.85. The van der Waals surface area contributed by atoms with Gasteiger partial charge in [0.15, 0.2) is 11.6 Å². The zero-order valence-electron chi connectivity index (χ0n) is 13.6. The maximum atomic E-state index is 5.10. The van der Waals surface area contributed by atoms with Gasteiger partial charge in [-0.2, -0.15) is 0 Å². The molecule has 0 radical (unpaired) electrons. The van der Waals surface area contributed by atoms with E-state index in [4.69, 9.17) is 4.74 Å². The van der Waals surface area contributed by atoms with Crippen LogP contribution >= 0.6 is 0 Å². The maximum Gasteiger partial charge on any atom is 0.225 e.